The number of aromatic nitrogens is 2. The molecule has 0 spiro atoms. The van der Waals surface area contributed by atoms with E-state index in [0.29, 0.717) is 5.92 Å². The fourth-order valence-corrected chi connectivity index (χ4v) is 2.47. The van der Waals surface area contributed by atoms with Crippen molar-refractivity contribution in [3.05, 3.63) is 18.6 Å². The summed E-state index contributed by atoms with van der Waals surface area (Å²) in [5.74, 6) is 2.73. The summed E-state index contributed by atoms with van der Waals surface area (Å²) in [6, 6.07) is 1.94. The first-order chi connectivity index (χ1) is 6.36. The highest BCUT2D eigenvalue weighted by molar-refractivity contribution is 7.99. The SMILES string of the molecule is CCC(CS)CSc1ccncn1. The van der Waals surface area contributed by atoms with Crippen molar-refractivity contribution in [2.75, 3.05) is 11.5 Å². The summed E-state index contributed by atoms with van der Waals surface area (Å²) < 4.78 is 0. The zero-order chi connectivity index (χ0) is 9.52. The van der Waals surface area contributed by atoms with Gasteiger partial charge in [-0.15, -0.1) is 11.8 Å². The third kappa shape index (κ3) is 4.00. The Labute approximate surface area is 89.0 Å². The average Bonchev–Trinajstić information content (AvgIpc) is 2.21. The van der Waals surface area contributed by atoms with Crippen molar-refractivity contribution in [1.29, 1.82) is 0 Å². The summed E-state index contributed by atoms with van der Waals surface area (Å²) >= 11 is 6.07. The lowest BCUT2D eigenvalue weighted by Crippen LogP contribution is -2.03. The van der Waals surface area contributed by atoms with Gasteiger partial charge in [0.1, 0.15) is 6.33 Å². The highest BCUT2D eigenvalue weighted by atomic mass is 32.2. The van der Waals surface area contributed by atoms with Gasteiger partial charge in [0.15, 0.2) is 0 Å². The quantitative estimate of drug-likeness (QED) is 0.463. The van der Waals surface area contributed by atoms with Crippen molar-refractivity contribution >= 4 is 24.4 Å². The Morgan fingerprint density at radius 3 is 3.00 bits per heavy atom. The van der Waals surface area contributed by atoms with Gasteiger partial charge < -0.3 is 0 Å². The van der Waals surface area contributed by atoms with Crippen LogP contribution < -0.4 is 0 Å². The fraction of sp³-hybridized carbons (Fsp3) is 0.556. The monoisotopic (exact) mass is 214 g/mol. The molecule has 0 bridgehead atoms. The predicted octanol–water partition coefficient (Wildman–Crippen LogP) is 2.52. The van der Waals surface area contributed by atoms with E-state index >= 15 is 0 Å². The van der Waals surface area contributed by atoms with E-state index in [0.717, 1.165) is 16.5 Å². The second-order valence-electron chi connectivity index (χ2n) is 2.82. The van der Waals surface area contributed by atoms with Crippen LogP contribution in [0.1, 0.15) is 13.3 Å². The topological polar surface area (TPSA) is 25.8 Å². The number of hydrogen-bond donors (Lipinski definition) is 1. The van der Waals surface area contributed by atoms with Crippen LogP contribution in [0, 0.1) is 5.92 Å². The lowest BCUT2D eigenvalue weighted by Gasteiger charge is -2.09. The molecule has 1 atom stereocenters. The summed E-state index contributed by atoms with van der Waals surface area (Å²) in [7, 11) is 0. The van der Waals surface area contributed by atoms with Gasteiger partial charge in [0.25, 0.3) is 0 Å². The maximum Gasteiger partial charge on any atom is 0.116 e. The highest BCUT2D eigenvalue weighted by Gasteiger charge is 2.04. The molecule has 0 aliphatic rings. The molecule has 0 aliphatic carbocycles. The van der Waals surface area contributed by atoms with Gasteiger partial charge in [-0.2, -0.15) is 12.6 Å². The van der Waals surface area contributed by atoms with E-state index < -0.39 is 0 Å². The third-order valence-corrected chi connectivity index (χ3v) is 3.55. The average molecular weight is 214 g/mol. The fourth-order valence-electron chi connectivity index (χ4n) is 0.867. The molecule has 0 fully saturated rings. The molecule has 13 heavy (non-hydrogen) atoms. The van der Waals surface area contributed by atoms with E-state index in [-0.39, 0.29) is 0 Å². The summed E-state index contributed by atoms with van der Waals surface area (Å²) in [5, 5.41) is 1.05. The van der Waals surface area contributed by atoms with Crippen LogP contribution in [0.2, 0.25) is 0 Å². The Balaban J connectivity index is 2.34. The van der Waals surface area contributed by atoms with Gasteiger partial charge in [0.2, 0.25) is 0 Å². The molecule has 72 valence electrons. The molecule has 0 amide bonds. The second-order valence-corrected chi connectivity index (χ2v) is 4.22. The molecule has 0 saturated heterocycles. The molecule has 4 heteroatoms. The van der Waals surface area contributed by atoms with Crippen LogP contribution in [0.3, 0.4) is 0 Å². The molecule has 0 saturated carbocycles. The van der Waals surface area contributed by atoms with Crippen molar-refractivity contribution in [1.82, 2.24) is 9.97 Å². The number of thioether (sulfide) groups is 1. The Kier molecular flexibility index (Phi) is 5.23. The van der Waals surface area contributed by atoms with Gasteiger partial charge >= 0.3 is 0 Å². The lowest BCUT2D eigenvalue weighted by atomic mass is 10.2. The first-order valence-electron chi connectivity index (χ1n) is 4.36. The number of rotatable bonds is 5. The molecule has 1 aromatic heterocycles. The standard InChI is InChI=1S/C9H14N2S2/c1-2-8(5-12)6-13-9-3-4-10-7-11-9/h3-4,7-8,12H,2,5-6H2,1H3. The molecule has 1 unspecified atom stereocenters. The smallest absolute Gasteiger partial charge is 0.116 e. The van der Waals surface area contributed by atoms with Crippen LogP contribution in [-0.4, -0.2) is 21.5 Å². The number of hydrogen-bond acceptors (Lipinski definition) is 4. The molecule has 1 aromatic rings. The van der Waals surface area contributed by atoms with Crippen molar-refractivity contribution in [2.24, 2.45) is 5.92 Å². The van der Waals surface area contributed by atoms with Crippen molar-refractivity contribution in [3.8, 4) is 0 Å². The Morgan fingerprint density at radius 1 is 1.62 bits per heavy atom. The summed E-state index contributed by atoms with van der Waals surface area (Å²) in [6.07, 6.45) is 4.54. The van der Waals surface area contributed by atoms with Gasteiger partial charge in [-0.25, -0.2) is 9.97 Å². The minimum atomic E-state index is 0.684. The van der Waals surface area contributed by atoms with Crippen molar-refractivity contribution in [2.45, 2.75) is 18.4 Å². The molecule has 0 radical (unpaired) electrons. The van der Waals surface area contributed by atoms with Crippen molar-refractivity contribution < 1.29 is 0 Å². The van der Waals surface area contributed by atoms with Crippen LogP contribution in [-0.2, 0) is 0 Å². The van der Waals surface area contributed by atoms with E-state index in [4.69, 9.17) is 0 Å². The highest BCUT2D eigenvalue weighted by Crippen LogP contribution is 2.19. The van der Waals surface area contributed by atoms with Crippen LogP contribution in [0.5, 0.6) is 0 Å². The van der Waals surface area contributed by atoms with E-state index in [1.54, 1.807) is 24.3 Å². The van der Waals surface area contributed by atoms with Crippen molar-refractivity contribution in [3.63, 3.8) is 0 Å². The lowest BCUT2D eigenvalue weighted by molar-refractivity contribution is 0.649. The van der Waals surface area contributed by atoms with Crippen LogP contribution in [0.25, 0.3) is 0 Å². The number of thiol groups is 1. The second kappa shape index (κ2) is 6.27. The molecule has 1 rings (SSSR count). The summed E-state index contributed by atoms with van der Waals surface area (Å²) in [6.45, 7) is 2.20. The van der Waals surface area contributed by atoms with Gasteiger partial charge in [0, 0.05) is 11.9 Å². The van der Waals surface area contributed by atoms with E-state index in [9.17, 15) is 0 Å². The Bertz CT molecular complexity index is 224. The van der Waals surface area contributed by atoms with Gasteiger partial charge in [-0.1, -0.05) is 13.3 Å². The first-order valence-corrected chi connectivity index (χ1v) is 5.98. The predicted molar refractivity (Wildman–Crippen MR) is 60.4 cm³/mol. The number of nitrogens with zero attached hydrogens (tertiary/aromatic N) is 2. The largest absolute Gasteiger partial charge is 0.245 e. The first kappa shape index (κ1) is 10.9. The van der Waals surface area contributed by atoms with E-state index in [1.807, 2.05) is 6.07 Å². The maximum atomic E-state index is 4.30. The molecule has 2 nitrogen and oxygen atoms in total. The Morgan fingerprint density at radius 2 is 2.46 bits per heavy atom. The van der Waals surface area contributed by atoms with Gasteiger partial charge in [0.05, 0.1) is 5.03 Å². The minimum absolute atomic E-state index is 0.684. The molecule has 0 aromatic carbocycles. The van der Waals surface area contributed by atoms with Crippen LogP contribution in [0.4, 0.5) is 0 Å². The van der Waals surface area contributed by atoms with Crippen LogP contribution in [0.15, 0.2) is 23.6 Å². The van der Waals surface area contributed by atoms with E-state index in [2.05, 4.69) is 29.5 Å². The molecule has 1 heterocycles. The maximum absolute atomic E-state index is 4.30. The van der Waals surface area contributed by atoms with E-state index in [1.165, 1.54) is 6.42 Å². The molecule has 0 N–H and O–H groups in total. The molecular weight excluding hydrogens is 200 g/mol. The molecule has 0 aliphatic heterocycles. The Hall–Kier alpha value is -0.220. The molecular formula is C9H14N2S2. The third-order valence-electron chi connectivity index (χ3n) is 1.86. The zero-order valence-electron chi connectivity index (χ0n) is 7.68. The summed E-state index contributed by atoms with van der Waals surface area (Å²) in [4.78, 5) is 8.02. The van der Waals surface area contributed by atoms with Gasteiger partial charge in [-0.05, 0) is 17.7 Å². The van der Waals surface area contributed by atoms with Gasteiger partial charge in [-0.3, -0.25) is 0 Å². The van der Waals surface area contributed by atoms with Crippen LogP contribution >= 0.6 is 24.4 Å². The summed E-state index contributed by atoms with van der Waals surface area (Å²) in [5.41, 5.74) is 0. The minimum Gasteiger partial charge on any atom is -0.245 e. The zero-order valence-corrected chi connectivity index (χ0v) is 9.39. The normalized spacial score (nSPS) is 12.8.